The minimum Gasteiger partial charge on any atom is -0.385 e. The molecule has 2 rings (SSSR count). The van der Waals surface area contributed by atoms with Crippen LogP contribution >= 0.6 is 0 Å². The first kappa shape index (κ1) is 20.1. The summed E-state index contributed by atoms with van der Waals surface area (Å²) in [6.45, 7) is 0.804. The molecule has 2 heterocycles. The second-order valence-electron chi connectivity index (χ2n) is 5.83. The molecule has 0 bridgehead atoms. The smallest absolute Gasteiger partial charge is 0.385 e. The molecule has 0 aliphatic carbocycles. The van der Waals surface area contributed by atoms with E-state index in [9.17, 15) is 21.6 Å². The average Bonchev–Trinajstić information content (AvgIpc) is 2.90. The van der Waals surface area contributed by atoms with E-state index < -0.39 is 34.2 Å². The summed E-state index contributed by atoms with van der Waals surface area (Å²) in [5.74, 6) is 0. The molecule has 1 aromatic rings. The predicted molar refractivity (Wildman–Crippen MR) is 81.4 cm³/mol. The van der Waals surface area contributed by atoms with Gasteiger partial charge in [0.2, 0.25) is 0 Å². The van der Waals surface area contributed by atoms with E-state index in [4.69, 9.17) is 13.7 Å². The first-order chi connectivity index (χ1) is 11.6. The van der Waals surface area contributed by atoms with Crippen molar-refractivity contribution < 1.29 is 35.2 Å². The van der Waals surface area contributed by atoms with Crippen molar-refractivity contribution in [3.8, 4) is 0 Å². The maximum absolute atomic E-state index is 13.0. The Bertz CT molecular complexity index is 674. The molecule has 2 atom stereocenters. The van der Waals surface area contributed by atoms with E-state index in [2.05, 4.69) is 5.10 Å². The maximum Gasteiger partial charge on any atom is 0.435 e. The van der Waals surface area contributed by atoms with Crippen LogP contribution in [-0.4, -0.2) is 50.9 Å². The lowest BCUT2D eigenvalue weighted by Crippen LogP contribution is -2.29. The molecule has 11 heteroatoms. The molecule has 1 saturated heterocycles. The third kappa shape index (κ3) is 5.94. The maximum atomic E-state index is 13.0. The highest BCUT2D eigenvalue weighted by atomic mass is 32.2. The van der Waals surface area contributed by atoms with E-state index in [1.165, 1.54) is 11.8 Å². The van der Waals surface area contributed by atoms with Gasteiger partial charge in [0.15, 0.2) is 5.69 Å². The Hall–Kier alpha value is -1.17. The zero-order chi connectivity index (χ0) is 18.7. The Balaban J connectivity index is 2.21. The third-order valence-corrected chi connectivity index (χ3v) is 4.32. The van der Waals surface area contributed by atoms with Crippen molar-refractivity contribution >= 4 is 10.1 Å². The number of hydrogen-bond donors (Lipinski definition) is 0. The van der Waals surface area contributed by atoms with E-state index >= 15 is 0 Å². The summed E-state index contributed by atoms with van der Waals surface area (Å²) in [5, 5.41) is 3.63. The molecule has 0 spiro atoms. The number of halogens is 3. The molecule has 0 amide bonds. The lowest BCUT2D eigenvalue weighted by atomic mass is 10.0. The van der Waals surface area contributed by atoms with Crippen molar-refractivity contribution in [3.05, 3.63) is 17.5 Å². The Morgan fingerprint density at radius 1 is 1.44 bits per heavy atom. The zero-order valence-electron chi connectivity index (χ0n) is 14.0. The van der Waals surface area contributed by atoms with Crippen molar-refractivity contribution in [2.45, 2.75) is 44.2 Å². The molecule has 144 valence electrons. The van der Waals surface area contributed by atoms with Crippen LogP contribution in [0.25, 0.3) is 0 Å². The zero-order valence-corrected chi connectivity index (χ0v) is 14.8. The molecule has 25 heavy (non-hydrogen) atoms. The molecule has 2 unspecified atom stereocenters. The van der Waals surface area contributed by atoms with Crippen LogP contribution in [0.1, 0.15) is 36.8 Å². The van der Waals surface area contributed by atoms with Crippen molar-refractivity contribution in [1.82, 2.24) is 9.78 Å². The van der Waals surface area contributed by atoms with Crippen LogP contribution in [-0.2, 0) is 36.5 Å². The number of ether oxygens (including phenoxy) is 2. The van der Waals surface area contributed by atoms with Gasteiger partial charge in [-0.15, -0.1) is 0 Å². The van der Waals surface area contributed by atoms with Crippen molar-refractivity contribution in [2.24, 2.45) is 0 Å². The fraction of sp³-hybridized carbons (Fsp3) is 0.786. The summed E-state index contributed by atoms with van der Waals surface area (Å²) >= 11 is 0. The van der Waals surface area contributed by atoms with Gasteiger partial charge in [-0.3, -0.25) is 8.86 Å². The van der Waals surface area contributed by atoms with Crippen LogP contribution in [0.5, 0.6) is 0 Å². The van der Waals surface area contributed by atoms with Gasteiger partial charge in [0.1, 0.15) is 6.10 Å². The monoisotopic (exact) mass is 386 g/mol. The van der Waals surface area contributed by atoms with Gasteiger partial charge in [0.25, 0.3) is 10.1 Å². The molecule has 1 aromatic heterocycles. The Morgan fingerprint density at radius 2 is 2.16 bits per heavy atom. The van der Waals surface area contributed by atoms with Gasteiger partial charge >= 0.3 is 6.18 Å². The van der Waals surface area contributed by atoms with Crippen LogP contribution in [0, 0.1) is 0 Å². The van der Waals surface area contributed by atoms with Crippen LogP contribution < -0.4 is 0 Å². The molecular formula is C14H21F3N2O5S. The summed E-state index contributed by atoms with van der Waals surface area (Å²) in [4.78, 5) is 0. The number of alkyl halides is 3. The van der Waals surface area contributed by atoms with Gasteiger partial charge in [0, 0.05) is 33.3 Å². The van der Waals surface area contributed by atoms with Gasteiger partial charge in [-0.25, -0.2) is 0 Å². The molecule has 7 nitrogen and oxygen atoms in total. The summed E-state index contributed by atoms with van der Waals surface area (Å²) in [6, 6.07) is 0.945. The van der Waals surface area contributed by atoms with Gasteiger partial charge in [-0.1, -0.05) is 0 Å². The highest BCUT2D eigenvalue weighted by Crippen LogP contribution is 2.35. The minimum atomic E-state index is -4.57. The first-order valence-corrected chi connectivity index (χ1v) is 9.55. The summed E-state index contributed by atoms with van der Waals surface area (Å²) < 4.78 is 78.2. The SMILES string of the molecule is COCCCn1nc(C(F)(F)F)cc1C1CC(OS(C)(=O)=O)CCO1. The fourth-order valence-electron chi connectivity index (χ4n) is 2.67. The molecule has 1 aliphatic rings. The molecular weight excluding hydrogens is 365 g/mol. The van der Waals surface area contributed by atoms with Gasteiger partial charge in [-0.2, -0.15) is 26.7 Å². The lowest BCUT2D eigenvalue weighted by molar-refractivity contribution is -0.141. The largest absolute Gasteiger partial charge is 0.435 e. The second-order valence-corrected chi connectivity index (χ2v) is 7.43. The topological polar surface area (TPSA) is 79.7 Å². The van der Waals surface area contributed by atoms with Crippen LogP contribution in [0.15, 0.2) is 6.07 Å². The van der Waals surface area contributed by atoms with E-state index in [1.54, 1.807) is 0 Å². The average molecular weight is 386 g/mol. The van der Waals surface area contributed by atoms with Crippen molar-refractivity contribution in [3.63, 3.8) is 0 Å². The van der Waals surface area contributed by atoms with Crippen LogP contribution in [0.2, 0.25) is 0 Å². The van der Waals surface area contributed by atoms with Crippen LogP contribution in [0.3, 0.4) is 0 Å². The molecule has 0 aromatic carbocycles. The molecule has 1 aliphatic heterocycles. The molecule has 1 fully saturated rings. The Morgan fingerprint density at radius 3 is 2.76 bits per heavy atom. The van der Waals surface area contributed by atoms with E-state index in [0.717, 1.165) is 12.3 Å². The van der Waals surface area contributed by atoms with E-state index in [1.807, 2.05) is 0 Å². The first-order valence-electron chi connectivity index (χ1n) is 7.74. The lowest BCUT2D eigenvalue weighted by Gasteiger charge is -2.29. The number of hydrogen-bond acceptors (Lipinski definition) is 6. The van der Waals surface area contributed by atoms with Gasteiger partial charge in [-0.05, 0) is 18.9 Å². The van der Waals surface area contributed by atoms with E-state index in [0.29, 0.717) is 19.4 Å². The number of aryl methyl sites for hydroxylation is 1. The number of nitrogens with zero attached hydrogens (tertiary/aromatic N) is 2. The fourth-order valence-corrected chi connectivity index (χ4v) is 3.34. The quantitative estimate of drug-likeness (QED) is 0.528. The summed E-state index contributed by atoms with van der Waals surface area (Å²) in [7, 11) is -2.15. The highest BCUT2D eigenvalue weighted by molar-refractivity contribution is 7.86. The summed E-state index contributed by atoms with van der Waals surface area (Å²) in [6.07, 6.45) is -4.00. The normalized spacial score (nSPS) is 22.3. The number of aromatic nitrogens is 2. The third-order valence-electron chi connectivity index (χ3n) is 3.70. The van der Waals surface area contributed by atoms with Gasteiger partial charge in [0.05, 0.1) is 18.1 Å². The number of methoxy groups -OCH3 is 1. The van der Waals surface area contributed by atoms with Crippen molar-refractivity contribution in [2.75, 3.05) is 26.6 Å². The molecule has 0 N–H and O–H groups in total. The second kappa shape index (κ2) is 8.02. The molecule has 0 radical (unpaired) electrons. The highest BCUT2D eigenvalue weighted by Gasteiger charge is 2.37. The Kier molecular flexibility index (Phi) is 6.46. The molecule has 0 saturated carbocycles. The van der Waals surface area contributed by atoms with Crippen LogP contribution in [0.4, 0.5) is 13.2 Å². The minimum absolute atomic E-state index is 0.139. The Labute approximate surface area is 144 Å². The standard InChI is InChI=1S/C14H21F3N2O5S/c1-22-6-3-5-19-11(9-13(18-19)14(15,16)17)12-8-10(4-7-23-12)24-25(2,20)21/h9-10,12H,3-8H2,1-2H3. The van der Waals surface area contributed by atoms with E-state index in [-0.39, 0.29) is 25.3 Å². The van der Waals surface area contributed by atoms with Gasteiger partial charge < -0.3 is 9.47 Å². The predicted octanol–water partition coefficient (Wildman–Crippen LogP) is 2.13. The number of rotatable bonds is 7. The van der Waals surface area contributed by atoms with Crippen molar-refractivity contribution in [1.29, 1.82) is 0 Å². The summed E-state index contributed by atoms with van der Waals surface area (Å²) in [5.41, 5.74) is -0.750.